The van der Waals surface area contributed by atoms with Crippen LogP contribution in [0.3, 0.4) is 0 Å². The van der Waals surface area contributed by atoms with E-state index in [0.717, 1.165) is 18.2 Å². The minimum absolute atomic E-state index is 0.274. The zero-order valence-corrected chi connectivity index (χ0v) is 10.7. The highest BCUT2D eigenvalue weighted by Gasteiger charge is 2.20. The fourth-order valence-corrected chi connectivity index (χ4v) is 2.21. The topological polar surface area (TPSA) is 26.0 Å². The normalized spacial score (nSPS) is 12.5. The molecule has 0 radical (unpaired) electrons. The van der Waals surface area contributed by atoms with Crippen LogP contribution < -0.4 is 5.73 Å². The van der Waals surface area contributed by atoms with Crippen molar-refractivity contribution in [3.05, 3.63) is 69.4 Å². The molecule has 1 nitrogen and oxygen atoms in total. The Morgan fingerprint density at radius 3 is 2.22 bits per heavy atom. The summed E-state index contributed by atoms with van der Waals surface area (Å²) in [5.74, 6) is -2.02. The molecule has 94 valence electrons. The van der Waals surface area contributed by atoms with Gasteiger partial charge in [0.05, 0.1) is 6.04 Å². The molecule has 0 aliphatic carbocycles. The lowest BCUT2D eigenvalue weighted by molar-refractivity contribution is 0.541. The van der Waals surface area contributed by atoms with E-state index in [2.05, 4.69) is 15.9 Å². The number of benzene rings is 2. The van der Waals surface area contributed by atoms with Crippen LogP contribution in [-0.4, -0.2) is 0 Å². The molecule has 1 atom stereocenters. The molecular weight excluding hydrogens is 307 g/mol. The van der Waals surface area contributed by atoms with Crippen molar-refractivity contribution in [1.82, 2.24) is 0 Å². The van der Waals surface area contributed by atoms with Crippen LogP contribution >= 0.6 is 15.9 Å². The number of hydrogen-bond acceptors (Lipinski definition) is 1. The fraction of sp³-hybridized carbons (Fsp3) is 0.0769. The first kappa shape index (κ1) is 13.1. The van der Waals surface area contributed by atoms with E-state index in [-0.39, 0.29) is 5.56 Å². The molecule has 2 aromatic rings. The summed E-state index contributed by atoms with van der Waals surface area (Å²) in [6.07, 6.45) is 0. The van der Waals surface area contributed by atoms with E-state index in [1.165, 1.54) is 18.2 Å². The molecule has 0 bridgehead atoms. The predicted molar refractivity (Wildman–Crippen MR) is 66.5 cm³/mol. The summed E-state index contributed by atoms with van der Waals surface area (Å²) in [6.45, 7) is 0. The van der Waals surface area contributed by atoms with Gasteiger partial charge in [0.15, 0.2) is 0 Å². The highest BCUT2D eigenvalue weighted by molar-refractivity contribution is 9.10. The van der Waals surface area contributed by atoms with E-state index < -0.39 is 23.5 Å². The summed E-state index contributed by atoms with van der Waals surface area (Å²) in [5, 5.41) is 0. The lowest BCUT2D eigenvalue weighted by Crippen LogP contribution is -2.16. The maximum atomic E-state index is 13.6. The first-order valence-electron chi connectivity index (χ1n) is 5.15. The molecule has 0 fully saturated rings. The number of halogens is 4. The number of rotatable bonds is 2. The van der Waals surface area contributed by atoms with Crippen LogP contribution in [0.1, 0.15) is 17.2 Å². The van der Waals surface area contributed by atoms with Gasteiger partial charge in [0, 0.05) is 10.0 Å². The van der Waals surface area contributed by atoms with Gasteiger partial charge in [0.1, 0.15) is 17.5 Å². The first-order valence-corrected chi connectivity index (χ1v) is 5.94. The van der Waals surface area contributed by atoms with Crippen LogP contribution in [0.5, 0.6) is 0 Å². The quantitative estimate of drug-likeness (QED) is 0.893. The van der Waals surface area contributed by atoms with E-state index in [1.54, 1.807) is 0 Å². The van der Waals surface area contributed by atoms with Gasteiger partial charge in [-0.1, -0.05) is 22.0 Å². The summed E-state index contributed by atoms with van der Waals surface area (Å²) in [6, 6.07) is 6.25. The van der Waals surface area contributed by atoms with Crippen molar-refractivity contribution in [2.75, 3.05) is 0 Å². The van der Waals surface area contributed by atoms with Crippen molar-refractivity contribution in [3.63, 3.8) is 0 Å². The molecule has 0 spiro atoms. The van der Waals surface area contributed by atoms with Crippen LogP contribution in [0, 0.1) is 17.5 Å². The molecule has 0 heterocycles. The Balaban J connectivity index is 2.54. The van der Waals surface area contributed by atoms with Gasteiger partial charge in [-0.05, 0) is 35.9 Å². The Kier molecular flexibility index (Phi) is 3.73. The van der Waals surface area contributed by atoms with Gasteiger partial charge in [-0.2, -0.15) is 0 Å². The van der Waals surface area contributed by atoms with Gasteiger partial charge < -0.3 is 5.73 Å². The van der Waals surface area contributed by atoms with Crippen LogP contribution in [0.15, 0.2) is 40.9 Å². The minimum Gasteiger partial charge on any atom is -0.320 e. The Morgan fingerprint density at radius 2 is 1.61 bits per heavy atom. The maximum absolute atomic E-state index is 13.6. The monoisotopic (exact) mass is 315 g/mol. The van der Waals surface area contributed by atoms with Gasteiger partial charge in [-0.3, -0.25) is 0 Å². The molecule has 0 aromatic heterocycles. The highest BCUT2D eigenvalue weighted by Crippen LogP contribution is 2.30. The van der Waals surface area contributed by atoms with Crippen molar-refractivity contribution < 1.29 is 13.2 Å². The second-order valence-corrected chi connectivity index (χ2v) is 4.63. The molecule has 2 rings (SSSR count). The van der Waals surface area contributed by atoms with Gasteiger partial charge in [-0.15, -0.1) is 0 Å². The Bertz CT molecular complexity index is 566. The standard InChI is InChI=1S/C13H9BrF3N/c14-9-5-4-7(15)6-8(9)13(18)12-10(16)2-1-3-11(12)17/h1-6,13H,18H2. The zero-order valence-electron chi connectivity index (χ0n) is 9.13. The molecule has 0 aliphatic rings. The average molecular weight is 316 g/mol. The van der Waals surface area contributed by atoms with Crippen molar-refractivity contribution in [3.8, 4) is 0 Å². The molecule has 0 saturated carbocycles. The van der Waals surface area contributed by atoms with Gasteiger partial charge in [0.25, 0.3) is 0 Å². The third-order valence-corrected chi connectivity index (χ3v) is 3.33. The smallest absolute Gasteiger partial charge is 0.131 e. The minimum atomic E-state index is -1.07. The van der Waals surface area contributed by atoms with Crippen molar-refractivity contribution in [2.45, 2.75) is 6.04 Å². The summed E-state index contributed by atoms with van der Waals surface area (Å²) in [4.78, 5) is 0. The zero-order chi connectivity index (χ0) is 13.3. The van der Waals surface area contributed by atoms with Crippen molar-refractivity contribution >= 4 is 15.9 Å². The Morgan fingerprint density at radius 1 is 1.00 bits per heavy atom. The second-order valence-electron chi connectivity index (χ2n) is 3.78. The average Bonchev–Trinajstić information content (AvgIpc) is 2.32. The van der Waals surface area contributed by atoms with E-state index in [0.29, 0.717) is 10.0 Å². The predicted octanol–water partition coefficient (Wildman–Crippen LogP) is 3.91. The molecule has 0 amide bonds. The van der Waals surface area contributed by atoms with Crippen molar-refractivity contribution in [1.29, 1.82) is 0 Å². The fourth-order valence-electron chi connectivity index (χ4n) is 1.72. The third kappa shape index (κ3) is 2.42. The maximum Gasteiger partial charge on any atom is 0.131 e. The highest BCUT2D eigenvalue weighted by atomic mass is 79.9. The largest absolute Gasteiger partial charge is 0.320 e. The molecular formula is C13H9BrF3N. The van der Waals surface area contributed by atoms with Crippen LogP contribution in [0.4, 0.5) is 13.2 Å². The molecule has 5 heteroatoms. The molecule has 2 aromatic carbocycles. The van der Waals surface area contributed by atoms with E-state index >= 15 is 0 Å². The van der Waals surface area contributed by atoms with Crippen LogP contribution in [0.2, 0.25) is 0 Å². The van der Waals surface area contributed by atoms with Crippen LogP contribution in [-0.2, 0) is 0 Å². The summed E-state index contributed by atoms with van der Waals surface area (Å²) < 4.78 is 40.8. The van der Waals surface area contributed by atoms with E-state index in [9.17, 15) is 13.2 Å². The SMILES string of the molecule is NC(c1cc(F)ccc1Br)c1c(F)cccc1F. The molecule has 0 saturated heterocycles. The first-order chi connectivity index (χ1) is 8.50. The molecule has 1 unspecified atom stereocenters. The number of hydrogen-bond donors (Lipinski definition) is 1. The van der Waals surface area contributed by atoms with Crippen LogP contribution in [0.25, 0.3) is 0 Å². The van der Waals surface area contributed by atoms with Crippen molar-refractivity contribution in [2.24, 2.45) is 5.73 Å². The summed E-state index contributed by atoms with van der Waals surface area (Å²) >= 11 is 3.19. The van der Waals surface area contributed by atoms with Gasteiger partial charge in [-0.25, -0.2) is 13.2 Å². The van der Waals surface area contributed by atoms with E-state index in [4.69, 9.17) is 5.73 Å². The summed E-state index contributed by atoms with van der Waals surface area (Å²) in [7, 11) is 0. The molecule has 2 N–H and O–H groups in total. The lowest BCUT2D eigenvalue weighted by atomic mass is 9.98. The molecule has 0 aliphatic heterocycles. The Hall–Kier alpha value is -1.33. The van der Waals surface area contributed by atoms with Gasteiger partial charge >= 0.3 is 0 Å². The van der Waals surface area contributed by atoms with E-state index in [1.807, 2.05) is 0 Å². The number of nitrogens with two attached hydrogens (primary N) is 1. The van der Waals surface area contributed by atoms with Gasteiger partial charge in [0.2, 0.25) is 0 Å². The molecule has 18 heavy (non-hydrogen) atoms. The summed E-state index contributed by atoms with van der Waals surface area (Å²) in [5.41, 5.74) is 5.83. The third-order valence-electron chi connectivity index (χ3n) is 2.60. The lowest BCUT2D eigenvalue weighted by Gasteiger charge is -2.16. The Labute approximate surface area is 111 Å². The second kappa shape index (κ2) is 5.12.